The van der Waals surface area contributed by atoms with E-state index in [9.17, 15) is 0 Å². The van der Waals surface area contributed by atoms with Gasteiger partial charge >= 0.3 is 0 Å². The number of rotatable bonds is 4. The van der Waals surface area contributed by atoms with Crippen LogP contribution in [-0.2, 0) is 19.5 Å². The fraction of sp³-hybridized carbons (Fsp3) is 0.400. The van der Waals surface area contributed by atoms with Gasteiger partial charge in [-0.25, -0.2) is 4.98 Å². The third-order valence-electron chi connectivity index (χ3n) is 3.55. The first kappa shape index (κ1) is 12.6. The van der Waals surface area contributed by atoms with E-state index in [1.54, 1.807) is 11.3 Å². The predicted molar refractivity (Wildman–Crippen MR) is 80.8 cm³/mol. The van der Waals surface area contributed by atoms with Gasteiger partial charge in [-0.1, -0.05) is 12.1 Å². The molecular weight excluding hydrogens is 254 g/mol. The topological polar surface area (TPSA) is 28.2 Å². The van der Waals surface area contributed by atoms with Gasteiger partial charge in [0.2, 0.25) is 0 Å². The Labute approximate surface area is 118 Å². The number of anilines is 1. The number of hydrogen-bond donors (Lipinski definition) is 1. The molecule has 0 amide bonds. The molecule has 1 aromatic heterocycles. The first-order valence-electron chi connectivity index (χ1n) is 6.67. The predicted octanol–water partition coefficient (Wildman–Crippen LogP) is 2.73. The molecule has 100 valence electrons. The molecule has 0 bridgehead atoms. The molecule has 3 rings (SSSR count). The van der Waals surface area contributed by atoms with E-state index in [1.807, 2.05) is 6.20 Å². The molecule has 1 aliphatic heterocycles. The van der Waals surface area contributed by atoms with Gasteiger partial charge in [-0.3, -0.25) is 0 Å². The van der Waals surface area contributed by atoms with E-state index in [2.05, 4.69) is 47.4 Å². The van der Waals surface area contributed by atoms with Crippen LogP contribution in [0.3, 0.4) is 0 Å². The van der Waals surface area contributed by atoms with Gasteiger partial charge in [-0.2, -0.15) is 0 Å². The van der Waals surface area contributed by atoms with E-state index in [0.717, 1.165) is 19.6 Å². The summed E-state index contributed by atoms with van der Waals surface area (Å²) in [7, 11) is 2.16. The van der Waals surface area contributed by atoms with Crippen molar-refractivity contribution in [2.75, 3.05) is 18.5 Å². The van der Waals surface area contributed by atoms with Crippen molar-refractivity contribution < 1.29 is 0 Å². The second kappa shape index (κ2) is 5.31. The number of nitrogens with zero attached hydrogens (tertiary/aromatic N) is 2. The molecule has 2 aromatic rings. The number of aryl methyl sites for hydroxylation is 1. The number of hydrogen-bond acceptors (Lipinski definition) is 4. The highest BCUT2D eigenvalue weighted by atomic mass is 32.1. The van der Waals surface area contributed by atoms with Crippen molar-refractivity contribution in [3.8, 4) is 0 Å². The van der Waals surface area contributed by atoms with Gasteiger partial charge in [-0.05, 0) is 30.5 Å². The third kappa shape index (κ3) is 2.80. The molecule has 0 saturated carbocycles. The number of likely N-dealkylation sites (N-methyl/N-ethyl adjacent to an activating group) is 1. The zero-order valence-electron chi connectivity index (χ0n) is 11.4. The van der Waals surface area contributed by atoms with E-state index in [-0.39, 0.29) is 0 Å². The second-order valence-corrected chi connectivity index (χ2v) is 6.42. The van der Waals surface area contributed by atoms with Gasteiger partial charge in [0.25, 0.3) is 0 Å². The molecule has 1 N–H and O–H groups in total. The normalized spacial score (nSPS) is 13.9. The first-order chi connectivity index (χ1) is 9.22. The van der Waals surface area contributed by atoms with Crippen LogP contribution in [0, 0.1) is 6.92 Å². The minimum Gasteiger partial charge on any atom is -0.374 e. The van der Waals surface area contributed by atoms with Crippen molar-refractivity contribution in [1.29, 1.82) is 0 Å². The van der Waals surface area contributed by atoms with Crippen LogP contribution in [0.5, 0.6) is 0 Å². The minimum absolute atomic E-state index is 0.857. The maximum absolute atomic E-state index is 4.36. The van der Waals surface area contributed by atoms with Crippen LogP contribution < -0.4 is 10.2 Å². The van der Waals surface area contributed by atoms with Crippen molar-refractivity contribution in [2.45, 2.75) is 26.4 Å². The lowest BCUT2D eigenvalue weighted by atomic mass is 10.1. The highest BCUT2D eigenvalue weighted by Gasteiger charge is 2.15. The third-order valence-corrected chi connectivity index (χ3v) is 4.46. The van der Waals surface area contributed by atoms with Crippen molar-refractivity contribution in [1.82, 2.24) is 10.3 Å². The Balaban J connectivity index is 1.59. The van der Waals surface area contributed by atoms with Crippen LogP contribution >= 0.6 is 11.3 Å². The molecule has 0 aliphatic carbocycles. The summed E-state index contributed by atoms with van der Waals surface area (Å²) in [6.07, 6.45) is 3.11. The van der Waals surface area contributed by atoms with Crippen molar-refractivity contribution in [3.63, 3.8) is 0 Å². The molecule has 2 heterocycles. The Morgan fingerprint density at radius 3 is 3.05 bits per heavy atom. The molecule has 1 aromatic carbocycles. The molecule has 0 spiro atoms. The van der Waals surface area contributed by atoms with Gasteiger partial charge in [0.1, 0.15) is 5.01 Å². The fourth-order valence-electron chi connectivity index (χ4n) is 2.53. The highest BCUT2D eigenvalue weighted by molar-refractivity contribution is 7.11. The van der Waals surface area contributed by atoms with Crippen LogP contribution in [0.1, 0.15) is 21.0 Å². The van der Waals surface area contributed by atoms with Gasteiger partial charge in [0.15, 0.2) is 0 Å². The minimum atomic E-state index is 0.857. The Bertz CT molecular complexity index is 577. The molecule has 1 aliphatic rings. The quantitative estimate of drug-likeness (QED) is 0.928. The maximum Gasteiger partial charge on any atom is 0.107 e. The average molecular weight is 273 g/mol. The van der Waals surface area contributed by atoms with Crippen LogP contribution in [0.25, 0.3) is 0 Å². The number of benzene rings is 1. The number of nitrogens with one attached hydrogen (secondary N) is 1. The van der Waals surface area contributed by atoms with E-state index in [1.165, 1.54) is 33.1 Å². The Morgan fingerprint density at radius 2 is 2.26 bits per heavy atom. The van der Waals surface area contributed by atoms with E-state index >= 15 is 0 Å². The summed E-state index contributed by atoms with van der Waals surface area (Å²) in [5.74, 6) is 0. The van der Waals surface area contributed by atoms with Crippen LogP contribution in [0.2, 0.25) is 0 Å². The maximum atomic E-state index is 4.36. The highest BCUT2D eigenvalue weighted by Crippen LogP contribution is 2.27. The Morgan fingerprint density at radius 1 is 1.37 bits per heavy atom. The van der Waals surface area contributed by atoms with Gasteiger partial charge in [-0.15, -0.1) is 11.3 Å². The number of fused-ring (bicyclic) bond motifs is 1. The summed E-state index contributed by atoms with van der Waals surface area (Å²) >= 11 is 1.76. The van der Waals surface area contributed by atoms with Gasteiger partial charge < -0.3 is 10.2 Å². The molecule has 19 heavy (non-hydrogen) atoms. The molecule has 4 heteroatoms. The van der Waals surface area contributed by atoms with E-state index in [4.69, 9.17) is 0 Å². The van der Waals surface area contributed by atoms with Crippen molar-refractivity contribution >= 4 is 17.0 Å². The van der Waals surface area contributed by atoms with Gasteiger partial charge in [0.05, 0.1) is 0 Å². The summed E-state index contributed by atoms with van der Waals surface area (Å²) in [5.41, 5.74) is 4.23. The standard InChI is InChI=1S/C15H19N3S/c1-11-8-17-15(19-11)10-16-9-12-3-4-14-13(7-12)5-6-18(14)2/h3-4,7-8,16H,5-6,9-10H2,1-2H3. The molecule has 0 atom stereocenters. The molecule has 0 unspecified atom stereocenters. The lowest BCUT2D eigenvalue weighted by Gasteiger charge is -2.12. The molecular formula is C15H19N3S. The molecule has 3 nitrogen and oxygen atoms in total. The second-order valence-electron chi connectivity index (χ2n) is 5.10. The number of thiazole rings is 1. The summed E-state index contributed by atoms with van der Waals surface area (Å²) in [6, 6.07) is 6.80. The molecule has 0 fully saturated rings. The summed E-state index contributed by atoms with van der Waals surface area (Å²) in [4.78, 5) is 7.96. The van der Waals surface area contributed by atoms with Crippen LogP contribution in [-0.4, -0.2) is 18.6 Å². The first-order valence-corrected chi connectivity index (χ1v) is 7.49. The lowest BCUT2D eigenvalue weighted by Crippen LogP contribution is -2.13. The summed E-state index contributed by atoms with van der Waals surface area (Å²) in [5, 5.41) is 4.63. The van der Waals surface area contributed by atoms with Crippen molar-refractivity contribution in [2.24, 2.45) is 0 Å². The van der Waals surface area contributed by atoms with Crippen molar-refractivity contribution in [3.05, 3.63) is 45.4 Å². The largest absolute Gasteiger partial charge is 0.374 e. The lowest BCUT2D eigenvalue weighted by molar-refractivity contribution is 0.689. The zero-order valence-corrected chi connectivity index (χ0v) is 12.3. The van der Waals surface area contributed by atoms with Crippen LogP contribution in [0.4, 0.5) is 5.69 Å². The fourth-order valence-corrected chi connectivity index (χ4v) is 3.28. The summed E-state index contributed by atoms with van der Waals surface area (Å²) in [6.45, 7) is 5.01. The Kier molecular flexibility index (Phi) is 3.53. The van der Waals surface area contributed by atoms with Gasteiger partial charge in [0, 0.05) is 43.4 Å². The molecule has 0 saturated heterocycles. The Hall–Kier alpha value is -1.39. The number of aromatic nitrogens is 1. The van der Waals surface area contributed by atoms with E-state index in [0.29, 0.717) is 0 Å². The monoisotopic (exact) mass is 273 g/mol. The SMILES string of the molecule is Cc1cnc(CNCc2ccc3c(c2)CCN3C)s1. The smallest absolute Gasteiger partial charge is 0.107 e. The van der Waals surface area contributed by atoms with E-state index < -0.39 is 0 Å². The average Bonchev–Trinajstić information content (AvgIpc) is 2.97. The van der Waals surface area contributed by atoms with Crippen LogP contribution in [0.15, 0.2) is 24.4 Å². The summed E-state index contributed by atoms with van der Waals surface area (Å²) < 4.78 is 0. The molecule has 0 radical (unpaired) electrons. The zero-order chi connectivity index (χ0) is 13.2.